The average Bonchev–Trinajstić information content (AvgIpc) is 1.18. The Morgan fingerprint density at radius 2 is 0.708 bits per heavy atom. The van der Waals surface area contributed by atoms with Crippen LogP contribution in [0, 0.1) is 6.92 Å². The predicted molar refractivity (Wildman–Crippen MR) is 366 cm³/mol. The summed E-state index contributed by atoms with van der Waals surface area (Å²) in [6, 6.07) is 16.7. The van der Waals surface area contributed by atoms with Crippen LogP contribution in [0.5, 0.6) is 23.0 Å². The first-order valence-electron chi connectivity index (χ1n) is 31.6. The number of rotatable bonds is 16. The number of carbonyl (C=O) groups is 2. The molecule has 2 radical (unpaired) electrons. The van der Waals surface area contributed by atoms with Gasteiger partial charge in [-0.3, -0.25) is 29.6 Å². The summed E-state index contributed by atoms with van der Waals surface area (Å²) in [6.07, 6.45) is 14.7. The Kier molecular flexibility index (Phi) is 30.1. The molecule has 0 bridgehead atoms. The molecule has 2 unspecified atom stereocenters. The molecule has 12 nitrogen and oxygen atoms in total. The number of unbranched alkanes of at least 4 members (excludes halogenated alkanes) is 3. The molecule has 0 aromatic heterocycles. The summed E-state index contributed by atoms with van der Waals surface area (Å²) in [5, 5.41) is 60.8. The van der Waals surface area contributed by atoms with E-state index in [1.807, 2.05) is 44.5 Å². The maximum atomic E-state index is 11.2. The monoisotopic (exact) mass is 1320 g/mol. The molecule has 0 amide bonds. The van der Waals surface area contributed by atoms with Gasteiger partial charge in [-0.2, -0.15) is 0 Å². The minimum atomic E-state index is -0.784. The van der Waals surface area contributed by atoms with Crippen LogP contribution in [0.25, 0.3) is 0 Å². The molecule has 6 N–H and O–H groups in total. The molecule has 500 valence electrons. The number of hydrogen-bond donors (Lipinski definition) is 6. The van der Waals surface area contributed by atoms with Crippen LogP contribution in [0.3, 0.4) is 0 Å². The summed E-state index contributed by atoms with van der Waals surface area (Å²) in [7, 11) is 0. The van der Waals surface area contributed by atoms with Crippen molar-refractivity contribution in [3.63, 3.8) is 0 Å². The van der Waals surface area contributed by atoms with E-state index in [2.05, 4.69) is 183 Å². The van der Waals surface area contributed by atoms with Crippen LogP contribution in [0.2, 0.25) is 0 Å². The molecule has 4 aromatic rings. The summed E-state index contributed by atoms with van der Waals surface area (Å²) >= 11 is 0. The van der Waals surface area contributed by atoms with E-state index >= 15 is 0 Å². The molecule has 0 heterocycles. The average molecular weight is 1320 g/mol. The fraction of sp³-hybridized carbons (Fsp3) is 0.600. The zero-order valence-corrected chi connectivity index (χ0v) is 60.9. The third kappa shape index (κ3) is 26.1. The third-order valence-corrected chi connectivity index (χ3v) is 15.8. The summed E-state index contributed by atoms with van der Waals surface area (Å²) in [5.74, 6) is -0.362. The number of nitrogens with zero attached hydrogens (tertiary/aromatic N) is 4. The van der Waals surface area contributed by atoms with E-state index in [0.717, 1.165) is 88.6 Å². The molecule has 1 aliphatic carbocycles. The van der Waals surface area contributed by atoms with Crippen LogP contribution < -0.4 is 0 Å². The zero-order valence-electron chi connectivity index (χ0n) is 58.8. The van der Waals surface area contributed by atoms with Gasteiger partial charge in [0.2, 0.25) is 0 Å². The van der Waals surface area contributed by atoms with Crippen molar-refractivity contribution in [2.75, 3.05) is 6.54 Å². The van der Waals surface area contributed by atoms with Crippen molar-refractivity contribution >= 4 is 36.8 Å². The van der Waals surface area contributed by atoms with E-state index in [1.54, 1.807) is 12.4 Å². The number of aromatic hydroxyl groups is 4. The van der Waals surface area contributed by atoms with Crippen molar-refractivity contribution < 1.29 is 73.8 Å². The number of aryl methyl sites for hydroxylation is 1. The summed E-state index contributed by atoms with van der Waals surface area (Å²) < 4.78 is 0. The Balaban J connectivity index is 0.000000738. The van der Waals surface area contributed by atoms with Gasteiger partial charge in [-0.15, -0.1) is 0 Å². The Morgan fingerprint density at radius 1 is 0.416 bits per heavy atom. The maximum Gasteiger partial charge on any atom is 0.303 e. The number of aliphatic imine (C=N–C) groups is 4. The van der Waals surface area contributed by atoms with Gasteiger partial charge in [0.05, 0.1) is 24.2 Å². The van der Waals surface area contributed by atoms with E-state index in [4.69, 9.17) is 30.2 Å². The molecule has 89 heavy (non-hydrogen) atoms. The van der Waals surface area contributed by atoms with Gasteiger partial charge in [0.1, 0.15) is 23.0 Å². The van der Waals surface area contributed by atoms with Crippen molar-refractivity contribution in [2.45, 2.75) is 286 Å². The van der Waals surface area contributed by atoms with Gasteiger partial charge in [0.25, 0.3) is 0 Å². The third-order valence-electron chi connectivity index (χ3n) is 15.8. The molecule has 14 heteroatoms. The van der Waals surface area contributed by atoms with Crippen molar-refractivity contribution in [2.24, 2.45) is 20.0 Å². The number of aliphatic carboxylic acids is 2. The predicted octanol–water partition coefficient (Wildman–Crippen LogP) is 18.2. The molecule has 0 saturated heterocycles. The molecule has 1 aliphatic rings. The molecular formula is C75H114Co2N4O8. The Bertz CT molecular complexity index is 3090. The fourth-order valence-electron chi connectivity index (χ4n) is 10.1. The van der Waals surface area contributed by atoms with Crippen molar-refractivity contribution in [1.82, 2.24) is 0 Å². The first kappa shape index (κ1) is 81.7. The number of benzene rings is 4. The van der Waals surface area contributed by atoms with Crippen molar-refractivity contribution in [3.8, 4) is 23.0 Å². The van der Waals surface area contributed by atoms with E-state index in [9.17, 15) is 30.0 Å². The van der Waals surface area contributed by atoms with E-state index in [1.165, 1.54) is 16.7 Å². The number of phenols is 4. The van der Waals surface area contributed by atoms with Crippen LogP contribution in [-0.2, 0) is 81.1 Å². The van der Waals surface area contributed by atoms with Crippen LogP contribution in [-0.4, -0.2) is 91.6 Å². The van der Waals surface area contributed by atoms with Crippen LogP contribution in [0.4, 0.5) is 0 Å². The number of carboxylic acids is 2. The molecule has 1 saturated carbocycles. The summed E-state index contributed by atoms with van der Waals surface area (Å²) in [5.41, 5.74) is 10.1. The summed E-state index contributed by atoms with van der Waals surface area (Å²) in [6.45, 7) is 51.7. The quantitative estimate of drug-likeness (QED) is 0.0469. The number of hydrogen-bond acceptors (Lipinski definition) is 10. The van der Waals surface area contributed by atoms with Crippen molar-refractivity contribution in [1.29, 1.82) is 0 Å². The van der Waals surface area contributed by atoms with Crippen LogP contribution >= 0.6 is 0 Å². The minimum absolute atomic E-state index is 0. The zero-order chi connectivity index (χ0) is 66.6. The van der Waals surface area contributed by atoms with E-state index in [0.29, 0.717) is 30.9 Å². The molecule has 0 aliphatic heterocycles. The first-order chi connectivity index (χ1) is 39.5. The smallest absolute Gasteiger partial charge is 0.303 e. The maximum absolute atomic E-state index is 11.2. The Hall–Kier alpha value is -5.29. The van der Waals surface area contributed by atoms with E-state index in [-0.39, 0.29) is 108 Å². The second-order valence-electron chi connectivity index (χ2n) is 32.1. The molecule has 4 aromatic carbocycles. The van der Waals surface area contributed by atoms with Crippen LogP contribution in [0.15, 0.2) is 68.5 Å². The van der Waals surface area contributed by atoms with Gasteiger partial charge in [0.15, 0.2) is 0 Å². The van der Waals surface area contributed by atoms with Gasteiger partial charge >= 0.3 is 11.9 Å². The second-order valence-corrected chi connectivity index (χ2v) is 32.1. The molecule has 2 atom stereocenters. The molecule has 1 fully saturated rings. The molecule has 5 rings (SSSR count). The summed E-state index contributed by atoms with van der Waals surface area (Å²) in [4.78, 5) is 39.6. The van der Waals surface area contributed by atoms with Gasteiger partial charge < -0.3 is 30.6 Å². The second kappa shape index (κ2) is 32.8. The largest absolute Gasteiger partial charge is 0.507 e. The minimum Gasteiger partial charge on any atom is -0.507 e. The number of carboxylic acid groups (broad SMARTS) is 2. The molecular weight excluding hydrogens is 1200 g/mol. The topological polar surface area (TPSA) is 205 Å². The Morgan fingerprint density at radius 3 is 1.01 bits per heavy atom. The normalized spacial score (nSPS) is 15.6. The first-order valence-corrected chi connectivity index (χ1v) is 31.6. The van der Waals surface area contributed by atoms with Gasteiger partial charge in [-0.1, -0.05) is 195 Å². The van der Waals surface area contributed by atoms with Gasteiger partial charge in [-0.25, -0.2) is 0 Å². The van der Waals surface area contributed by atoms with E-state index < -0.39 is 17.5 Å². The van der Waals surface area contributed by atoms with Gasteiger partial charge in [-0.05, 0) is 131 Å². The van der Waals surface area contributed by atoms with Crippen LogP contribution in [0.1, 0.15) is 290 Å². The Labute approximate surface area is 558 Å². The fourth-order valence-corrected chi connectivity index (χ4v) is 10.1. The van der Waals surface area contributed by atoms with Crippen molar-refractivity contribution in [3.05, 3.63) is 115 Å². The molecule has 0 spiro atoms. The standard InChI is InChI=1S/C34H52N2O2.C33H48N2O2.C8H14O4.2Co/c1-30(2,3)24-15-22(28(37)26(17-24)32(7,8)9)19-35-21-34(13,14)36-20-23-16-25(31(4,5)6)18-27(29(23)38)33(10,11)12;1-21-15-22(29(36)25(16-21)32(5,6)7)19-34-27-13-11-12-14-28(27)35-20-23-17-24(31(2,3)4)18-26(30(23)37)33(8,9)10;9-7(10)5-3-1-2-4-6-8(11)12;;/h15-20,37-38H,21H2,1-14H3;15-20,27-28,36-37H,11-14H2,1-10H3;1-6H2,(H,9,10)(H,11,12);;. The number of phenolic OH excluding ortho intramolecular Hbond substituents is 4. The van der Waals surface area contributed by atoms with Gasteiger partial charge in [0, 0.05) is 116 Å². The SMILES string of the molecule is CC(C)(CN=Cc1cc(C(C)(C)C)cc(C(C)(C)C)c1O)N=Cc1cc(C(C)(C)C)cc(C(C)(C)C)c1O.Cc1cc(C=NC2CCCCC2N=Cc2cc(C(C)(C)C)cc(C(C)(C)C)c2O)c(O)c(C(C)(C)C)c1.O=C(O)CCCCCCC(=O)O.[Co].[Co].